The molecule has 160 valence electrons. The first-order valence-corrected chi connectivity index (χ1v) is 11.9. The van der Waals surface area contributed by atoms with Crippen LogP contribution in [0.1, 0.15) is 55.8 Å². The number of ether oxygens (including phenoxy) is 1. The lowest BCUT2D eigenvalue weighted by Crippen LogP contribution is -2.39. The van der Waals surface area contributed by atoms with Gasteiger partial charge in [-0.25, -0.2) is 17.9 Å². The zero-order valence-corrected chi connectivity index (χ0v) is 18.4. The van der Waals surface area contributed by atoms with Crippen molar-refractivity contribution in [3.05, 3.63) is 27.7 Å². The SMILES string of the molecule is CC1CCC(NC(=O)COC(=O)c2cc(S(=O)(=O)NC3CC3)c(Cl)cc2Cl)CC1. The van der Waals surface area contributed by atoms with Crippen molar-refractivity contribution in [2.24, 2.45) is 5.92 Å². The van der Waals surface area contributed by atoms with Crippen molar-refractivity contribution in [1.29, 1.82) is 0 Å². The van der Waals surface area contributed by atoms with Gasteiger partial charge in [0.1, 0.15) is 4.90 Å². The van der Waals surface area contributed by atoms with E-state index in [1.807, 2.05) is 0 Å². The second-order valence-corrected chi connectivity index (χ2v) is 10.3. The van der Waals surface area contributed by atoms with Crippen LogP contribution in [-0.4, -0.2) is 39.0 Å². The summed E-state index contributed by atoms with van der Waals surface area (Å²) in [5, 5.41) is 2.72. The number of rotatable bonds is 7. The van der Waals surface area contributed by atoms with E-state index in [0.29, 0.717) is 5.92 Å². The van der Waals surface area contributed by atoms with Gasteiger partial charge in [0.15, 0.2) is 6.61 Å². The molecular formula is C19H24Cl2N2O5S. The number of halogens is 2. The number of benzene rings is 1. The molecule has 3 rings (SSSR count). The third-order valence-electron chi connectivity index (χ3n) is 5.15. The van der Waals surface area contributed by atoms with Gasteiger partial charge in [-0.05, 0) is 56.6 Å². The van der Waals surface area contributed by atoms with Crippen LogP contribution in [0.25, 0.3) is 0 Å². The number of nitrogens with one attached hydrogen (secondary N) is 2. The highest BCUT2D eigenvalue weighted by atomic mass is 35.5. The van der Waals surface area contributed by atoms with Crippen LogP contribution < -0.4 is 10.0 Å². The number of sulfonamides is 1. The van der Waals surface area contributed by atoms with Crippen molar-refractivity contribution < 1.29 is 22.7 Å². The zero-order chi connectivity index (χ0) is 21.2. The smallest absolute Gasteiger partial charge is 0.340 e. The number of carbonyl (C=O) groups excluding carboxylic acids is 2. The van der Waals surface area contributed by atoms with Gasteiger partial charge in [-0.15, -0.1) is 0 Å². The van der Waals surface area contributed by atoms with Gasteiger partial charge < -0.3 is 10.1 Å². The van der Waals surface area contributed by atoms with Crippen LogP contribution in [0.2, 0.25) is 10.0 Å². The first-order chi connectivity index (χ1) is 13.7. The van der Waals surface area contributed by atoms with Crippen LogP contribution in [0.3, 0.4) is 0 Å². The molecule has 2 N–H and O–H groups in total. The molecule has 0 radical (unpaired) electrons. The third kappa shape index (κ3) is 6.07. The van der Waals surface area contributed by atoms with Gasteiger partial charge in [0.05, 0.1) is 15.6 Å². The van der Waals surface area contributed by atoms with Crippen molar-refractivity contribution in [1.82, 2.24) is 10.0 Å². The molecule has 2 saturated carbocycles. The van der Waals surface area contributed by atoms with E-state index in [-0.39, 0.29) is 32.6 Å². The van der Waals surface area contributed by atoms with E-state index in [2.05, 4.69) is 17.0 Å². The molecule has 0 aromatic heterocycles. The predicted molar refractivity (Wildman–Crippen MR) is 110 cm³/mol. The quantitative estimate of drug-likeness (QED) is 0.605. The first-order valence-electron chi connectivity index (χ1n) is 9.63. The van der Waals surface area contributed by atoms with Crippen LogP contribution >= 0.6 is 23.2 Å². The van der Waals surface area contributed by atoms with Crippen molar-refractivity contribution in [2.45, 2.75) is 62.4 Å². The maximum Gasteiger partial charge on any atom is 0.340 e. The second kappa shape index (κ2) is 9.20. The maximum absolute atomic E-state index is 12.4. The molecule has 2 aliphatic rings. The van der Waals surface area contributed by atoms with Crippen LogP contribution in [0.4, 0.5) is 0 Å². The molecule has 29 heavy (non-hydrogen) atoms. The molecule has 0 saturated heterocycles. The Morgan fingerprint density at radius 1 is 1.03 bits per heavy atom. The average Bonchev–Trinajstić information content (AvgIpc) is 3.44. The summed E-state index contributed by atoms with van der Waals surface area (Å²) in [6.45, 7) is 1.72. The molecule has 0 unspecified atom stereocenters. The lowest BCUT2D eigenvalue weighted by molar-refractivity contribution is -0.125. The number of esters is 1. The van der Waals surface area contributed by atoms with Gasteiger partial charge in [-0.1, -0.05) is 30.1 Å². The van der Waals surface area contributed by atoms with E-state index < -0.39 is 28.5 Å². The van der Waals surface area contributed by atoms with Crippen molar-refractivity contribution in [3.8, 4) is 0 Å². The summed E-state index contributed by atoms with van der Waals surface area (Å²) >= 11 is 12.1. The monoisotopic (exact) mass is 462 g/mol. The summed E-state index contributed by atoms with van der Waals surface area (Å²) in [7, 11) is -3.88. The van der Waals surface area contributed by atoms with Crippen molar-refractivity contribution >= 4 is 45.1 Å². The lowest BCUT2D eigenvalue weighted by atomic mass is 9.87. The van der Waals surface area contributed by atoms with Gasteiger partial charge in [0, 0.05) is 12.1 Å². The maximum atomic E-state index is 12.4. The highest BCUT2D eigenvalue weighted by Crippen LogP contribution is 2.31. The standard InChI is InChI=1S/C19H24Cl2N2O5S/c1-11-2-4-12(5-3-11)22-18(24)10-28-19(25)14-8-17(16(21)9-15(14)20)29(26,27)23-13-6-7-13/h8-9,11-13,23H,2-7,10H2,1H3,(H,22,24). The Morgan fingerprint density at radius 2 is 1.66 bits per heavy atom. The largest absolute Gasteiger partial charge is 0.452 e. The topological polar surface area (TPSA) is 102 Å². The molecule has 0 bridgehead atoms. The fourth-order valence-electron chi connectivity index (χ4n) is 3.26. The van der Waals surface area contributed by atoms with E-state index in [1.165, 1.54) is 6.07 Å². The first kappa shape index (κ1) is 22.3. The van der Waals surface area contributed by atoms with E-state index in [4.69, 9.17) is 27.9 Å². The molecular weight excluding hydrogens is 439 g/mol. The van der Waals surface area contributed by atoms with Gasteiger partial charge in [0.25, 0.3) is 5.91 Å². The lowest BCUT2D eigenvalue weighted by Gasteiger charge is -2.26. The van der Waals surface area contributed by atoms with Crippen LogP contribution in [0, 0.1) is 5.92 Å². The highest BCUT2D eigenvalue weighted by Gasteiger charge is 2.30. The zero-order valence-electron chi connectivity index (χ0n) is 16.0. The normalized spacial score (nSPS) is 22.2. The number of hydrogen-bond acceptors (Lipinski definition) is 5. The summed E-state index contributed by atoms with van der Waals surface area (Å²) in [4.78, 5) is 24.2. The molecule has 10 heteroatoms. The molecule has 0 aliphatic heterocycles. The highest BCUT2D eigenvalue weighted by molar-refractivity contribution is 7.89. The summed E-state index contributed by atoms with van der Waals surface area (Å²) in [5.41, 5.74) is -0.161. The molecule has 2 aliphatic carbocycles. The Bertz CT molecular complexity index is 894. The summed E-state index contributed by atoms with van der Waals surface area (Å²) in [6, 6.07) is 2.23. The van der Waals surface area contributed by atoms with Gasteiger partial charge in [-0.3, -0.25) is 4.79 Å². The second-order valence-electron chi connectivity index (χ2n) is 7.76. The van der Waals surface area contributed by atoms with E-state index in [9.17, 15) is 18.0 Å². The van der Waals surface area contributed by atoms with Crippen LogP contribution in [0.15, 0.2) is 17.0 Å². The summed E-state index contributed by atoms with van der Waals surface area (Å²) in [5.74, 6) is -0.624. The Labute approximate surface area is 180 Å². The number of carbonyl (C=O) groups is 2. The Morgan fingerprint density at radius 3 is 2.28 bits per heavy atom. The minimum absolute atomic E-state index is 0.0490. The Hall–Kier alpha value is -1.35. The molecule has 2 fully saturated rings. The minimum Gasteiger partial charge on any atom is -0.452 e. The van der Waals surface area contributed by atoms with E-state index in [0.717, 1.165) is 44.6 Å². The molecule has 1 amide bonds. The fraction of sp³-hybridized carbons (Fsp3) is 0.579. The molecule has 1 aromatic carbocycles. The average molecular weight is 463 g/mol. The van der Waals surface area contributed by atoms with Crippen molar-refractivity contribution in [3.63, 3.8) is 0 Å². The Balaban J connectivity index is 1.62. The third-order valence-corrected chi connectivity index (χ3v) is 7.44. The summed E-state index contributed by atoms with van der Waals surface area (Å²) < 4.78 is 32.4. The fourth-order valence-corrected chi connectivity index (χ4v) is 5.41. The molecule has 0 heterocycles. The van der Waals surface area contributed by atoms with Crippen LogP contribution in [-0.2, 0) is 19.6 Å². The number of amides is 1. The molecule has 0 spiro atoms. The number of hydrogen-bond donors (Lipinski definition) is 2. The Kier molecular flexibility index (Phi) is 7.09. The molecule has 7 nitrogen and oxygen atoms in total. The van der Waals surface area contributed by atoms with Crippen molar-refractivity contribution in [2.75, 3.05) is 6.61 Å². The van der Waals surface area contributed by atoms with Gasteiger partial charge in [0.2, 0.25) is 10.0 Å². The van der Waals surface area contributed by atoms with Crippen LogP contribution in [0.5, 0.6) is 0 Å². The minimum atomic E-state index is -3.88. The summed E-state index contributed by atoms with van der Waals surface area (Å²) in [6.07, 6.45) is 5.43. The van der Waals surface area contributed by atoms with E-state index in [1.54, 1.807) is 0 Å². The van der Waals surface area contributed by atoms with Gasteiger partial charge in [-0.2, -0.15) is 0 Å². The van der Waals surface area contributed by atoms with E-state index >= 15 is 0 Å². The van der Waals surface area contributed by atoms with Gasteiger partial charge >= 0.3 is 5.97 Å². The molecule has 0 atom stereocenters. The predicted octanol–water partition coefficient (Wildman–Crippen LogP) is 3.29. The molecule has 1 aromatic rings.